The van der Waals surface area contributed by atoms with Crippen LogP contribution in [0.4, 0.5) is 5.82 Å². The minimum absolute atomic E-state index is 0.400. The maximum atomic E-state index is 9.00. The lowest BCUT2D eigenvalue weighted by molar-refractivity contribution is -0.134. The zero-order valence-corrected chi connectivity index (χ0v) is 18.8. The van der Waals surface area contributed by atoms with Crippen molar-refractivity contribution in [2.45, 2.75) is 64.1 Å². The third kappa shape index (κ3) is 6.38. The minimum atomic E-state index is -0.833. The lowest BCUT2D eigenvalue weighted by atomic mass is 9.97. The Morgan fingerprint density at radius 1 is 1.12 bits per heavy atom. The highest BCUT2D eigenvalue weighted by Gasteiger charge is 2.24. The van der Waals surface area contributed by atoms with E-state index in [-0.39, 0.29) is 0 Å². The molecule has 4 heterocycles. The molecule has 0 unspecified atom stereocenters. The molecule has 33 heavy (non-hydrogen) atoms. The second-order valence-electron chi connectivity index (χ2n) is 8.39. The molecule has 5 rings (SSSR count). The van der Waals surface area contributed by atoms with Crippen LogP contribution >= 0.6 is 0 Å². The molecule has 3 aromatic heterocycles. The van der Waals surface area contributed by atoms with E-state index >= 15 is 0 Å². The predicted octanol–water partition coefficient (Wildman–Crippen LogP) is 3.93. The molecule has 1 saturated heterocycles. The Hall–Kier alpha value is -3.27. The lowest BCUT2D eigenvalue weighted by Crippen LogP contribution is -2.39. The lowest BCUT2D eigenvalue weighted by Gasteiger charge is -2.35. The molecule has 0 radical (unpaired) electrons. The molecular formula is C23H30N6O4. The number of aromatic nitrogens is 5. The fourth-order valence-electron chi connectivity index (χ4n) is 4.23. The van der Waals surface area contributed by atoms with Crippen LogP contribution in [0, 0.1) is 0 Å². The number of ether oxygens (including phenoxy) is 1. The van der Waals surface area contributed by atoms with Crippen molar-refractivity contribution >= 4 is 11.8 Å². The van der Waals surface area contributed by atoms with Gasteiger partial charge in [0.15, 0.2) is 18.0 Å². The van der Waals surface area contributed by atoms with Crippen molar-refractivity contribution in [3.63, 3.8) is 0 Å². The third-order valence-corrected chi connectivity index (χ3v) is 5.87. The van der Waals surface area contributed by atoms with Gasteiger partial charge in [0.1, 0.15) is 17.8 Å². The van der Waals surface area contributed by atoms with Crippen LogP contribution in [0.1, 0.15) is 51.9 Å². The topological polar surface area (TPSA) is 130 Å². The van der Waals surface area contributed by atoms with Crippen LogP contribution in [-0.4, -0.2) is 61.5 Å². The van der Waals surface area contributed by atoms with E-state index < -0.39 is 5.97 Å². The Morgan fingerprint density at radius 2 is 1.85 bits per heavy atom. The van der Waals surface area contributed by atoms with E-state index in [1.54, 1.807) is 0 Å². The normalized spacial score (nSPS) is 17.4. The molecule has 1 aliphatic carbocycles. The number of nitrogens with zero attached hydrogens (tertiary/aromatic N) is 5. The van der Waals surface area contributed by atoms with Crippen LogP contribution in [0.25, 0.3) is 22.9 Å². The highest BCUT2D eigenvalue weighted by Crippen LogP contribution is 2.27. The zero-order valence-electron chi connectivity index (χ0n) is 18.8. The van der Waals surface area contributed by atoms with Crippen LogP contribution in [-0.2, 0) is 9.53 Å². The van der Waals surface area contributed by atoms with Crippen molar-refractivity contribution in [3.8, 4) is 22.9 Å². The number of hydrogen-bond acceptors (Lipinski definition) is 8. The first-order valence-corrected chi connectivity index (χ1v) is 11.5. The summed E-state index contributed by atoms with van der Waals surface area (Å²) in [7, 11) is 0. The molecule has 2 N–H and O–H groups in total. The Labute approximate surface area is 192 Å². The standard InChI is InChI=1S/C21H26N6O2.C2H4O2/c1-2-4-16(5-3-1)29-17-8-10-27(11-9-17)19-7-6-15(12-22-19)20-24-21(26-25-20)18-13-28-14-23-18;1-2(3)4/h6-7,12-14,16-17H,1-5,8-11H2,(H,24,25,26);1H3,(H,3,4). The number of carboxylic acid groups (broad SMARTS) is 1. The molecule has 10 nitrogen and oxygen atoms in total. The summed E-state index contributed by atoms with van der Waals surface area (Å²) >= 11 is 0. The fourth-order valence-corrected chi connectivity index (χ4v) is 4.23. The van der Waals surface area contributed by atoms with Gasteiger partial charge in [-0.25, -0.2) is 15.0 Å². The van der Waals surface area contributed by atoms with Crippen molar-refractivity contribution in [1.82, 2.24) is 25.1 Å². The quantitative estimate of drug-likeness (QED) is 0.589. The van der Waals surface area contributed by atoms with Crippen molar-refractivity contribution in [3.05, 3.63) is 31.0 Å². The van der Waals surface area contributed by atoms with E-state index in [0.29, 0.717) is 29.6 Å². The number of aromatic amines is 1. The van der Waals surface area contributed by atoms with Gasteiger partial charge < -0.3 is 19.2 Å². The summed E-state index contributed by atoms with van der Waals surface area (Å²) in [4.78, 5) is 24.5. The zero-order chi connectivity index (χ0) is 23.0. The highest BCUT2D eigenvalue weighted by atomic mass is 16.5. The summed E-state index contributed by atoms with van der Waals surface area (Å²) in [5.41, 5.74) is 1.50. The Bertz CT molecular complexity index is 986. The second kappa shape index (κ2) is 11.0. The Kier molecular flexibility index (Phi) is 7.66. The number of anilines is 1. The molecule has 0 bridgehead atoms. The van der Waals surface area contributed by atoms with E-state index in [1.165, 1.54) is 44.8 Å². The van der Waals surface area contributed by atoms with Crippen LogP contribution < -0.4 is 4.90 Å². The van der Waals surface area contributed by atoms with Gasteiger partial charge in [-0.3, -0.25) is 9.89 Å². The van der Waals surface area contributed by atoms with Crippen LogP contribution in [0.3, 0.4) is 0 Å². The molecule has 10 heteroatoms. The van der Waals surface area contributed by atoms with Crippen molar-refractivity contribution in [1.29, 1.82) is 0 Å². The molecule has 3 aromatic rings. The molecule has 1 aliphatic heterocycles. The monoisotopic (exact) mass is 454 g/mol. The molecule has 0 amide bonds. The van der Waals surface area contributed by atoms with E-state index in [2.05, 4.69) is 30.0 Å². The van der Waals surface area contributed by atoms with Gasteiger partial charge >= 0.3 is 0 Å². The predicted molar refractivity (Wildman–Crippen MR) is 122 cm³/mol. The van der Waals surface area contributed by atoms with Crippen LogP contribution in [0.2, 0.25) is 0 Å². The summed E-state index contributed by atoms with van der Waals surface area (Å²) in [5, 5.41) is 14.6. The summed E-state index contributed by atoms with van der Waals surface area (Å²) in [5.74, 6) is 1.34. The number of H-pyrrole nitrogens is 1. The summed E-state index contributed by atoms with van der Waals surface area (Å²) in [6, 6.07) is 4.06. The Balaban J connectivity index is 0.000000601. The van der Waals surface area contributed by atoms with Gasteiger partial charge in [0.05, 0.1) is 12.2 Å². The molecular weight excluding hydrogens is 424 g/mol. The molecule has 2 aliphatic rings. The number of pyridine rings is 1. The third-order valence-electron chi connectivity index (χ3n) is 5.87. The molecule has 176 valence electrons. The van der Waals surface area contributed by atoms with Gasteiger partial charge in [-0.15, -0.1) is 0 Å². The van der Waals surface area contributed by atoms with Crippen LogP contribution in [0.5, 0.6) is 0 Å². The van der Waals surface area contributed by atoms with E-state index in [0.717, 1.165) is 44.2 Å². The average Bonchev–Trinajstić information content (AvgIpc) is 3.53. The van der Waals surface area contributed by atoms with Gasteiger partial charge in [-0.2, -0.15) is 5.10 Å². The molecule has 1 saturated carbocycles. The maximum Gasteiger partial charge on any atom is 0.300 e. The first kappa shape index (κ1) is 22.9. The Morgan fingerprint density at radius 3 is 2.48 bits per heavy atom. The number of aliphatic carboxylic acids is 1. The van der Waals surface area contributed by atoms with E-state index in [4.69, 9.17) is 19.1 Å². The number of rotatable bonds is 5. The van der Waals surface area contributed by atoms with Gasteiger partial charge in [0.2, 0.25) is 0 Å². The van der Waals surface area contributed by atoms with Crippen molar-refractivity contribution in [2.24, 2.45) is 0 Å². The smallest absolute Gasteiger partial charge is 0.300 e. The van der Waals surface area contributed by atoms with Gasteiger partial charge in [0.25, 0.3) is 5.97 Å². The van der Waals surface area contributed by atoms with E-state index in [9.17, 15) is 0 Å². The van der Waals surface area contributed by atoms with Crippen molar-refractivity contribution in [2.75, 3.05) is 18.0 Å². The number of oxazole rings is 1. The average molecular weight is 455 g/mol. The number of nitrogens with one attached hydrogen (secondary N) is 1. The number of piperidine rings is 1. The van der Waals surface area contributed by atoms with Gasteiger partial charge in [-0.1, -0.05) is 19.3 Å². The highest BCUT2D eigenvalue weighted by molar-refractivity contribution is 5.63. The second-order valence-corrected chi connectivity index (χ2v) is 8.39. The first-order chi connectivity index (χ1) is 16.1. The van der Waals surface area contributed by atoms with Gasteiger partial charge in [-0.05, 0) is 37.8 Å². The number of carbonyl (C=O) groups is 1. The molecule has 0 atom stereocenters. The molecule has 2 fully saturated rings. The first-order valence-electron chi connectivity index (χ1n) is 11.5. The number of carboxylic acids is 1. The summed E-state index contributed by atoms with van der Waals surface area (Å²) in [6.45, 7) is 3.06. The minimum Gasteiger partial charge on any atom is -0.481 e. The SMILES string of the molecule is CC(=O)O.c1nc(-c2nc(-c3ccc(N4CCC(OC5CCCCC5)CC4)nc3)n[nH]2)co1. The summed E-state index contributed by atoms with van der Waals surface area (Å²) < 4.78 is 11.3. The largest absolute Gasteiger partial charge is 0.481 e. The molecule has 0 spiro atoms. The van der Waals surface area contributed by atoms with Crippen molar-refractivity contribution < 1.29 is 19.1 Å². The van der Waals surface area contributed by atoms with Crippen LogP contribution in [0.15, 0.2) is 35.4 Å². The van der Waals surface area contributed by atoms with Gasteiger partial charge in [0, 0.05) is 31.8 Å². The molecule has 0 aromatic carbocycles. The maximum absolute atomic E-state index is 9.00. The number of hydrogen-bond donors (Lipinski definition) is 2. The summed E-state index contributed by atoms with van der Waals surface area (Å²) in [6.07, 6.45) is 14.3. The van der Waals surface area contributed by atoms with E-state index in [1.807, 2.05) is 18.3 Å². The fraction of sp³-hybridized carbons (Fsp3) is 0.522.